The van der Waals surface area contributed by atoms with Crippen LogP contribution in [-0.4, -0.2) is 23.3 Å². The molecule has 1 fully saturated rings. The third kappa shape index (κ3) is 5.03. The second-order valence-electron chi connectivity index (χ2n) is 8.31. The minimum Gasteiger partial charge on any atom is -0.349 e. The van der Waals surface area contributed by atoms with Gasteiger partial charge in [0.1, 0.15) is 0 Å². The van der Waals surface area contributed by atoms with Crippen molar-refractivity contribution in [2.24, 2.45) is 5.92 Å². The van der Waals surface area contributed by atoms with Crippen molar-refractivity contribution in [3.8, 4) is 0 Å². The monoisotopic (exact) mass is 446 g/mol. The van der Waals surface area contributed by atoms with Gasteiger partial charge in [-0.2, -0.15) is 0 Å². The molecule has 3 aromatic rings. The molecule has 1 aliphatic rings. The van der Waals surface area contributed by atoms with E-state index in [9.17, 15) is 9.59 Å². The van der Waals surface area contributed by atoms with E-state index in [4.69, 9.17) is 11.6 Å². The fraction of sp³-hybridized carbons (Fsp3) is 0.259. The lowest BCUT2D eigenvalue weighted by Crippen LogP contribution is -2.47. The predicted molar refractivity (Wildman–Crippen MR) is 127 cm³/mol. The van der Waals surface area contributed by atoms with E-state index < -0.39 is 0 Å². The summed E-state index contributed by atoms with van der Waals surface area (Å²) in [5, 5.41) is 3.72. The Balaban J connectivity index is 1.54. The number of halogens is 1. The van der Waals surface area contributed by atoms with Crippen molar-refractivity contribution in [2.75, 3.05) is 6.54 Å². The number of nitrogens with zero attached hydrogens (tertiary/aromatic N) is 1. The van der Waals surface area contributed by atoms with E-state index in [0.717, 1.165) is 24.0 Å². The molecule has 0 radical (unpaired) electrons. The summed E-state index contributed by atoms with van der Waals surface area (Å²) < 4.78 is 0. The normalized spacial score (nSPS) is 19.2. The van der Waals surface area contributed by atoms with Gasteiger partial charge in [0.15, 0.2) is 0 Å². The van der Waals surface area contributed by atoms with Crippen LogP contribution in [0.25, 0.3) is 0 Å². The number of carbonyl (C=O) groups is 2. The van der Waals surface area contributed by atoms with Gasteiger partial charge in [0, 0.05) is 17.1 Å². The van der Waals surface area contributed by atoms with Crippen molar-refractivity contribution >= 4 is 23.4 Å². The zero-order chi connectivity index (χ0) is 22.5. The number of benzene rings is 3. The molecular weight excluding hydrogens is 420 g/mol. The highest BCUT2D eigenvalue weighted by Crippen LogP contribution is 2.35. The van der Waals surface area contributed by atoms with Crippen LogP contribution in [0.15, 0.2) is 84.9 Å². The molecule has 3 atom stereocenters. The van der Waals surface area contributed by atoms with Crippen LogP contribution in [0.3, 0.4) is 0 Å². The second-order valence-corrected chi connectivity index (χ2v) is 8.74. The molecule has 4 rings (SSSR count). The molecule has 0 unspecified atom stereocenters. The van der Waals surface area contributed by atoms with Gasteiger partial charge in [0.05, 0.1) is 18.0 Å². The molecule has 0 saturated carbocycles. The summed E-state index contributed by atoms with van der Waals surface area (Å²) in [5.41, 5.74) is 2.73. The van der Waals surface area contributed by atoms with Gasteiger partial charge in [-0.05, 0) is 55.2 Å². The number of hydrogen-bond donors (Lipinski definition) is 1. The second kappa shape index (κ2) is 10.0. The molecule has 0 spiro atoms. The minimum absolute atomic E-state index is 0.0122. The lowest BCUT2D eigenvalue weighted by Gasteiger charge is -2.40. The maximum Gasteiger partial charge on any atom is 0.254 e. The van der Waals surface area contributed by atoms with E-state index in [1.165, 1.54) is 0 Å². The van der Waals surface area contributed by atoms with E-state index in [2.05, 4.69) is 5.32 Å². The Bertz CT molecular complexity index is 1050. The summed E-state index contributed by atoms with van der Waals surface area (Å²) in [5.74, 6) is -0.344. The van der Waals surface area contributed by atoms with E-state index >= 15 is 0 Å². The van der Waals surface area contributed by atoms with Crippen LogP contribution < -0.4 is 5.32 Å². The van der Waals surface area contributed by atoms with Crippen molar-refractivity contribution in [3.63, 3.8) is 0 Å². The van der Waals surface area contributed by atoms with Gasteiger partial charge in [0.2, 0.25) is 5.91 Å². The molecule has 164 valence electrons. The Morgan fingerprint density at radius 2 is 1.53 bits per heavy atom. The minimum atomic E-state index is -0.252. The van der Waals surface area contributed by atoms with Crippen LogP contribution in [0.5, 0.6) is 0 Å². The summed E-state index contributed by atoms with van der Waals surface area (Å²) >= 11 is 6.01. The molecule has 0 aliphatic carbocycles. The predicted octanol–water partition coefficient (Wildman–Crippen LogP) is 5.81. The van der Waals surface area contributed by atoms with Crippen molar-refractivity contribution in [3.05, 3.63) is 107 Å². The Morgan fingerprint density at radius 3 is 2.19 bits per heavy atom. The van der Waals surface area contributed by atoms with Crippen LogP contribution in [0.4, 0.5) is 0 Å². The quantitative estimate of drug-likeness (QED) is 0.537. The molecule has 0 aromatic heterocycles. The standard InChI is InChI=1S/C27H27ClN2O2/c1-19(20-8-4-2-5-9-20)29-26(31)23-14-17-25(21-10-6-3-7-11-21)30(18-23)27(32)22-12-15-24(28)16-13-22/h2-13,15-16,19,23,25H,14,17-18H2,1H3,(H,29,31)/t19-,23-,25+/m0/s1. The SMILES string of the molecule is C[C@H](NC(=O)[C@H]1CC[C@H](c2ccccc2)N(C(=O)c2ccc(Cl)cc2)C1)c1ccccc1. The number of hydrogen-bond acceptors (Lipinski definition) is 2. The summed E-state index contributed by atoms with van der Waals surface area (Å²) in [6, 6.07) is 26.7. The summed E-state index contributed by atoms with van der Waals surface area (Å²) in [6.45, 7) is 2.37. The first kappa shape index (κ1) is 22.1. The number of piperidine rings is 1. The third-order valence-electron chi connectivity index (χ3n) is 6.15. The van der Waals surface area contributed by atoms with Gasteiger partial charge in [0.25, 0.3) is 5.91 Å². The van der Waals surface area contributed by atoms with Gasteiger partial charge in [-0.15, -0.1) is 0 Å². The number of rotatable bonds is 5. The van der Waals surface area contributed by atoms with Gasteiger partial charge in [-0.3, -0.25) is 9.59 Å². The molecule has 1 aliphatic heterocycles. The lowest BCUT2D eigenvalue weighted by molar-refractivity contribution is -0.127. The van der Waals surface area contributed by atoms with Gasteiger partial charge >= 0.3 is 0 Å². The molecule has 1 saturated heterocycles. The van der Waals surface area contributed by atoms with E-state index in [-0.39, 0.29) is 29.8 Å². The fourth-order valence-electron chi connectivity index (χ4n) is 4.35. The highest BCUT2D eigenvalue weighted by atomic mass is 35.5. The average Bonchev–Trinajstić information content (AvgIpc) is 2.84. The molecule has 0 bridgehead atoms. The highest BCUT2D eigenvalue weighted by molar-refractivity contribution is 6.30. The van der Waals surface area contributed by atoms with Crippen molar-refractivity contribution in [1.29, 1.82) is 0 Å². The number of likely N-dealkylation sites (tertiary alicyclic amines) is 1. The largest absolute Gasteiger partial charge is 0.349 e. The topological polar surface area (TPSA) is 49.4 Å². The summed E-state index contributed by atoms with van der Waals surface area (Å²) in [6.07, 6.45) is 1.47. The average molecular weight is 447 g/mol. The molecule has 2 amide bonds. The molecule has 32 heavy (non-hydrogen) atoms. The van der Waals surface area contributed by atoms with Crippen LogP contribution in [0, 0.1) is 5.92 Å². The highest BCUT2D eigenvalue weighted by Gasteiger charge is 2.36. The first-order chi connectivity index (χ1) is 15.5. The summed E-state index contributed by atoms with van der Waals surface area (Å²) in [4.78, 5) is 28.4. The number of amides is 2. The first-order valence-corrected chi connectivity index (χ1v) is 11.4. The van der Waals surface area contributed by atoms with E-state index in [0.29, 0.717) is 17.1 Å². The van der Waals surface area contributed by atoms with Crippen LogP contribution in [0.1, 0.15) is 53.3 Å². The molecule has 1 heterocycles. The van der Waals surface area contributed by atoms with Crippen molar-refractivity contribution in [2.45, 2.75) is 31.8 Å². The Hall–Kier alpha value is -3.11. The van der Waals surface area contributed by atoms with Crippen LogP contribution in [-0.2, 0) is 4.79 Å². The Morgan fingerprint density at radius 1 is 0.906 bits per heavy atom. The fourth-order valence-corrected chi connectivity index (χ4v) is 4.47. The van der Waals surface area contributed by atoms with E-state index in [1.807, 2.05) is 72.5 Å². The molecule has 4 nitrogen and oxygen atoms in total. The third-order valence-corrected chi connectivity index (χ3v) is 6.40. The molecule has 1 N–H and O–H groups in total. The van der Waals surface area contributed by atoms with Gasteiger partial charge in [-0.1, -0.05) is 72.3 Å². The zero-order valence-electron chi connectivity index (χ0n) is 18.1. The number of nitrogens with one attached hydrogen (secondary N) is 1. The van der Waals surface area contributed by atoms with Crippen LogP contribution >= 0.6 is 11.6 Å². The Kier molecular flexibility index (Phi) is 6.91. The van der Waals surface area contributed by atoms with Crippen molar-refractivity contribution < 1.29 is 9.59 Å². The molecular formula is C27H27ClN2O2. The Labute approximate surface area is 194 Å². The van der Waals surface area contributed by atoms with Gasteiger partial charge in [-0.25, -0.2) is 0 Å². The molecule has 3 aromatic carbocycles. The maximum absolute atomic E-state index is 13.5. The maximum atomic E-state index is 13.5. The van der Waals surface area contributed by atoms with E-state index in [1.54, 1.807) is 24.3 Å². The van der Waals surface area contributed by atoms with Crippen LogP contribution in [0.2, 0.25) is 5.02 Å². The lowest BCUT2D eigenvalue weighted by atomic mass is 9.87. The smallest absolute Gasteiger partial charge is 0.254 e. The molecule has 5 heteroatoms. The summed E-state index contributed by atoms with van der Waals surface area (Å²) in [7, 11) is 0. The first-order valence-electron chi connectivity index (χ1n) is 11.0. The zero-order valence-corrected chi connectivity index (χ0v) is 18.8. The van der Waals surface area contributed by atoms with Gasteiger partial charge < -0.3 is 10.2 Å². The number of carbonyl (C=O) groups excluding carboxylic acids is 2. The van der Waals surface area contributed by atoms with Crippen molar-refractivity contribution in [1.82, 2.24) is 10.2 Å².